The second kappa shape index (κ2) is 12.4. The maximum Gasteiger partial charge on any atom is 0.255 e. The molecule has 0 radical (unpaired) electrons. The molecule has 1 aliphatic heterocycles. The largest absolute Gasteiger partial charge is 0.399 e. The van der Waals surface area contributed by atoms with Gasteiger partial charge in [0.15, 0.2) is 0 Å². The number of aromatic nitrogens is 1. The van der Waals surface area contributed by atoms with Crippen molar-refractivity contribution in [3.63, 3.8) is 0 Å². The molecule has 4 aromatic rings. The number of nitrogens with one attached hydrogen (secondary N) is 2. The van der Waals surface area contributed by atoms with Gasteiger partial charge in [0, 0.05) is 42.7 Å². The molecule has 1 aliphatic rings. The van der Waals surface area contributed by atoms with Crippen molar-refractivity contribution in [2.24, 2.45) is 0 Å². The first kappa shape index (κ1) is 26.9. The third kappa shape index (κ3) is 6.42. The number of anilines is 2. The fourth-order valence-electron chi connectivity index (χ4n) is 5.00. The van der Waals surface area contributed by atoms with E-state index in [9.17, 15) is 14.7 Å². The number of hydrogen-bond donors (Lipinski definition) is 4. The van der Waals surface area contributed by atoms with Crippen LogP contribution in [0.1, 0.15) is 41.1 Å². The molecule has 1 unspecified atom stereocenters. The summed E-state index contributed by atoms with van der Waals surface area (Å²) < 4.78 is 0. The maximum atomic E-state index is 13.5. The number of aromatic amines is 1. The van der Waals surface area contributed by atoms with Crippen molar-refractivity contribution in [2.45, 2.75) is 39.2 Å². The van der Waals surface area contributed by atoms with Crippen molar-refractivity contribution < 1.29 is 9.90 Å². The molecule has 1 amide bonds. The summed E-state index contributed by atoms with van der Waals surface area (Å²) in [5.41, 5.74) is 10.9. The van der Waals surface area contributed by atoms with Crippen LogP contribution in [0.15, 0.2) is 77.7 Å². The Morgan fingerprint density at radius 1 is 1.03 bits per heavy atom. The Balaban J connectivity index is 0.000000417. The summed E-state index contributed by atoms with van der Waals surface area (Å²) in [6.45, 7) is 5.69. The number of rotatable bonds is 6. The number of H-pyrrole nitrogens is 1. The summed E-state index contributed by atoms with van der Waals surface area (Å²) in [6.07, 6.45) is 4.29. The van der Waals surface area contributed by atoms with Crippen molar-refractivity contribution >= 4 is 28.1 Å². The van der Waals surface area contributed by atoms with Crippen molar-refractivity contribution in [2.75, 3.05) is 30.7 Å². The van der Waals surface area contributed by atoms with Crippen LogP contribution in [0.4, 0.5) is 11.4 Å². The van der Waals surface area contributed by atoms with Crippen LogP contribution < -0.4 is 16.6 Å². The lowest BCUT2D eigenvalue weighted by Crippen LogP contribution is -2.36. The molecule has 38 heavy (non-hydrogen) atoms. The summed E-state index contributed by atoms with van der Waals surface area (Å²) in [7, 11) is 0. The first-order valence-electron chi connectivity index (χ1n) is 13.1. The van der Waals surface area contributed by atoms with Gasteiger partial charge in [0.25, 0.3) is 5.56 Å². The lowest BCUT2D eigenvalue weighted by molar-refractivity contribution is -0.131. The molecule has 1 fully saturated rings. The number of aryl methyl sites for hydroxylation is 2. The number of carbonyl (C=O) groups is 1. The maximum absolute atomic E-state index is 13.5. The van der Waals surface area contributed by atoms with Crippen molar-refractivity contribution in [3.05, 3.63) is 106 Å². The van der Waals surface area contributed by atoms with E-state index in [1.807, 2.05) is 79.4 Å². The van der Waals surface area contributed by atoms with Crippen LogP contribution in [0.2, 0.25) is 0 Å². The molecule has 1 aromatic heterocycles. The predicted octanol–water partition coefficient (Wildman–Crippen LogP) is 4.72. The van der Waals surface area contributed by atoms with E-state index in [4.69, 9.17) is 5.73 Å². The normalized spacial score (nSPS) is 13.6. The third-order valence-corrected chi connectivity index (χ3v) is 6.96. The van der Waals surface area contributed by atoms with E-state index in [0.717, 1.165) is 64.9 Å². The molecule has 2 heterocycles. The minimum atomic E-state index is -0.543. The van der Waals surface area contributed by atoms with Gasteiger partial charge in [-0.1, -0.05) is 36.4 Å². The van der Waals surface area contributed by atoms with Gasteiger partial charge >= 0.3 is 0 Å². The fraction of sp³-hybridized carbons (Fsp3) is 0.290. The van der Waals surface area contributed by atoms with Crippen LogP contribution in [-0.4, -0.2) is 40.6 Å². The molecule has 5 N–H and O–H groups in total. The molecular formula is C31H36N4O3. The summed E-state index contributed by atoms with van der Waals surface area (Å²) >= 11 is 0. The Bertz CT molecular complexity index is 1420. The number of pyridine rings is 1. The zero-order chi connectivity index (χ0) is 27.1. The Labute approximate surface area is 223 Å². The van der Waals surface area contributed by atoms with E-state index in [-0.39, 0.29) is 18.1 Å². The van der Waals surface area contributed by atoms with E-state index < -0.39 is 6.04 Å². The van der Waals surface area contributed by atoms with Gasteiger partial charge in [-0.05, 0) is 91.1 Å². The van der Waals surface area contributed by atoms with Gasteiger partial charge in [0.05, 0.1) is 0 Å². The zero-order valence-corrected chi connectivity index (χ0v) is 22.0. The van der Waals surface area contributed by atoms with Crippen molar-refractivity contribution in [3.8, 4) is 0 Å². The van der Waals surface area contributed by atoms with Gasteiger partial charge in [-0.25, -0.2) is 0 Å². The monoisotopic (exact) mass is 512 g/mol. The van der Waals surface area contributed by atoms with E-state index in [2.05, 4.69) is 10.3 Å². The molecule has 5 rings (SSSR count). The number of hydrogen-bond acceptors (Lipinski definition) is 5. The first-order chi connectivity index (χ1) is 18.4. The molecule has 198 valence electrons. The van der Waals surface area contributed by atoms with Crippen molar-refractivity contribution in [1.29, 1.82) is 0 Å². The quantitative estimate of drug-likeness (QED) is 0.279. The lowest BCUT2D eigenvalue weighted by Gasteiger charge is -2.26. The number of carbonyl (C=O) groups excluding carboxylic acids is 1. The second-order valence-corrected chi connectivity index (χ2v) is 9.74. The summed E-state index contributed by atoms with van der Waals surface area (Å²) in [5.74, 6) is 0.0493. The summed E-state index contributed by atoms with van der Waals surface area (Å²) in [4.78, 5) is 30.3. The van der Waals surface area contributed by atoms with Crippen LogP contribution in [0.25, 0.3) is 10.8 Å². The van der Waals surface area contributed by atoms with E-state index >= 15 is 0 Å². The van der Waals surface area contributed by atoms with Crippen LogP contribution in [0.5, 0.6) is 0 Å². The molecular weight excluding hydrogens is 476 g/mol. The van der Waals surface area contributed by atoms with E-state index in [1.165, 1.54) is 0 Å². The highest BCUT2D eigenvalue weighted by atomic mass is 16.3. The topological polar surface area (TPSA) is 111 Å². The van der Waals surface area contributed by atoms with Crippen LogP contribution in [0.3, 0.4) is 0 Å². The second-order valence-electron chi connectivity index (χ2n) is 9.74. The van der Waals surface area contributed by atoms with Gasteiger partial charge in [-0.15, -0.1) is 0 Å². The van der Waals surface area contributed by atoms with Gasteiger partial charge in [-0.2, -0.15) is 0 Å². The molecule has 0 saturated carbocycles. The average molecular weight is 513 g/mol. The number of likely N-dealkylation sites (tertiary alicyclic amines) is 1. The van der Waals surface area contributed by atoms with E-state index in [0.29, 0.717) is 11.8 Å². The molecule has 0 aliphatic carbocycles. The number of benzene rings is 3. The Kier molecular flexibility index (Phi) is 8.81. The molecule has 7 heteroatoms. The standard InChI is InChI=1S/C25H29N3O3.C6H7N/c1-16-13-19(14-17(2)21(16)8-12-29)23(25(31)28-10-3-4-11-28)27-20-6-5-18-7-9-26-24(30)22(18)15-20;7-6-4-2-1-3-5-6/h5-7,9,13-15,23,27,29H,3-4,8,10-12H2,1-2H3,(H,26,30);1-5H,7H2. The highest BCUT2D eigenvalue weighted by Gasteiger charge is 2.28. The van der Waals surface area contributed by atoms with Crippen LogP contribution in [0, 0.1) is 13.8 Å². The number of aliphatic hydroxyl groups excluding tert-OH is 1. The van der Waals surface area contributed by atoms with Crippen LogP contribution in [-0.2, 0) is 11.2 Å². The minimum absolute atomic E-state index is 0.0493. The fourth-order valence-corrected chi connectivity index (χ4v) is 5.00. The number of nitrogen functional groups attached to an aromatic ring is 1. The molecule has 0 bridgehead atoms. The Morgan fingerprint density at radius 3 is 2.32 bits per heavy atom. The molecule has 0 spiro atoms. The number of nitrogens with zero attached hydrogens (tertiary/aromatic N) is 1. The summed E-state index contributed by atoms with van der Waals surface area (Å²) in [5, 5.41) is 14.2. The average Bonchev–Trinajstić information content (AvgIpc) is 3.45. The number of fused-ring (bicyclic) bond motifs is 1. The smallest absolute Gasteiger partial charge is 0.255 e. The lowest BCUT2D eigenvalue weighted by atomic mass is 9.93. The highest BCUT2D eigenvalue weighted by Crippen LogP contribution is 2.28. The number of aliphatic hydroxyl groups is 1. The number of amides is 1. The number of para-hydroxylation sites is 1. The molecule has 1 saturated heterocycles. The number of nitrogens with two attached hydrogens (primary N) is 1. The van der Waals surface area contributed by atoms with Crippen molar-refractivity contribution in [1.82, 2.24) is 9.88 Å². The van der Waals surface area contributed by atoms with Gasteiger partial charge < -0.3 is 26.0 Å². The molecule has 1 atom stereocenters. The molecule has 7 nitrogen and oxygen atoms in total. The van der Waals surface area contributed by atoms with Crippen LogP contribution >= 0.6 is 0 Å². The summed E-state index contributed by atoms with van der Waals surface area (Å²) in [6, 6.07) is 20.5. The highest BCUT2D eigenvalue weighted by molar-refractivity contribution is 5.89. The van der Waals surface area contributed by atoms with Gasteiger partial charge in [0.1, 0.15) is 6.04 Å². The van der Waals surface area contributed by atoms with Gasteiger partial charge in [-0.3, -0.25) is 9.59 Å². The predicted molar refractivity (Wildman–Crippen MR) is 154 cm³/mol. The van der Waals surface area contributed by atoms with Gasteiger partial charge in [0.2, 0.25) is 5.91 Å². The minimum Gasteiger partial charge on any atom is -0.399 e. The Hall–Kier alpha value is -4.10. The molecule has 3 aromatic carbocycles. The Morgan fingerprint density at radius 2 is 1.71 bits per heavy atom. The van der Waals surface area contributed by atoms with E-state index in [1.54, 1.807) is 12.3 Å². The third-order valence-electron chi connectivity index (χ3n) is 6.96. The first-order valence-corrected chi connectivity index (χ1v) is 13.1. The SMILES string of the molecule is Cc1cc(C(Nc2ccc3cc[nH]c(=O)c3c2)C(=O)N2CCCC2)cc(C)c1CCO.Nc1ccccc1. The zero-order valence-electron chi connectivity index (χ0n) is 22.0.